The molecule has 18 heavy (non-hydrogen) atoms. The smallest absolute Gasteiger partial charge is 0.350 e. The fourth-order valence-corrected chi connectivity index (χ4v) is 1.15. The lowest BCUT2D eigenvalue weighted by Crippen LogP contribution is -2.42. The van der Waals surface area contributed by atoms with Crippen molar-refractivity contribution in [3.8, 4) is 0 Å². The molecule has 0 aromatic carbocycles. The minimum absolute atomic E-state index is 0.340. The molecule has 0 aliphatic heterocycles. The highest BCUT2D eigenvalue weighted by atomic mass is 16.5. The summed E-state index contributed by atoms with van der Waals surface area (Å²) in [5.41, 5.74) is -1.86. The Morgan fingerprint density at radius 1 is 1.39 bits per heavy atom. The molecule has 1 heterocycles. The molecular formula is C11H17N3O4. The summed E-state index contributed by atoms with van der Waals surface area (Å²) in [4.78, 5) is 34.8. The second-order valence-corrected chi connectivity index (χ2v) is 4.82. The van der Waals surface area contributed by atoms with Crippen LogP contribution in [0.25, 0.3) is 0 Å². The van der Waals surface area contributed by atoms with E-state index in [1.807, 2.05) is 0 Å². The third kappa shape index (κ3) is 3.06. The largest absolute Gasteiger partial charge is 0.443 e. The maximum Gasteiger partial charge on any atom is 0.350 e. The lowest BCUT2D eigenvalue weighted by atomic mass is 9.98. The van der Waals surface area contributed by atoms with E-state index in [4.69, 9.17) is 4.74 Å². The lowest BCUT2D eigenvalue weighted by molar-refractivity contribution is -0.157. The Balaban J connectivity index is 2.96. The van der Waals surface area contributed by atoms with Crippen LogP contribution in [0.5, 0.6) is 0 Å². The van der Waals surface area contributed by atoms with Gasteiger partial charge in [0.1, 0.15) is 6.20 Å². The van der Waals surface area contributed by atoms with Crippen molar-refractivity contribution in [3.05, 3.63) is 27.0 Å². The van der Waals surface area contributed by atoms with E-state index in [0.29, 0.717) is 6.54 Å². The molecule has 0 aliphatic rings. The van der Waals surface area contributed by atoms with E-state index in [9.17, 15) is 14.4 Å². The molecule has 0 atom stereocenters. The van der Waals surface area contributed by atoms with Crippen LogP contribution in [0.15, 0.2) is 15.8 Å². The zero-order valence-corrected chi connectivity index (χ0v) is 11.0. The highest BCUT2D eigenvalue weighted by molar-refractivity contribution is 5.75. The quantitative estimate of drug-likeness (QED) is 0.708. The number of ether oxygens (including phenoxy) is 1. The molecule has 0 spiro atoms. The maximum atomic E-state index is 11.8. The molecule has 7 heteroatoms. The average Bonchev–Trinajstić information content (AvgIpc) is 2.27. The third-order valence-electron chi connectivity index (χ3n) is 2.26. The van der Waals surface area contributed by atoms with E-state index in [1.165, 1.54) is 0 Å². The van der Waals surface area contributed by atoms with Crippen LogP contribution < -0.4 is 11.2 Å². The number of aryl methyl sites for hydroxylation is 1. The van der Waals surface area contributed by atoms with Gasteiger partial charge in [-0.3, -0.25) is 9.59 Å². The third-order valence-corrected chi connectivity index (χ3v) is 2.26. The number of rotatable bonds is 3. The number of carbonyl (C=O) groups is 1. The zero-order valence-electron chi connectivity index (χ0n) is 11.0. The summed E-state index contributed by atoms with van der Waals surface area (Å²) in [5.74, 6) is -0.478. The Labute approximate surface area is 104 Å². The van der Waals surface area contributed by atoms with Gasteiger partial charge in [-0.15, -0.1) is 0 Å². The minimum Gasteiger partial charge on any atom is -0.443 e. The molecule has 1 rings (SSSR count). The maximum absolute atomic E-state index is 11.8. The molecule has 0 aliphatic carbocycles. The Morgan fingerprint density at radius 2 is 2.00 bits per heavy atom. The summed E-state index contributed by atoms with van der Waals surface area (Å²) in [6.07, 6.45) is 1.02. The number of nitrogens with zero attached hydrogens (tertiary/aromatic N) is 3. The van der Waals surface area contributed by atoms with Crippen molar-refractivity contribution in [1.29, 1.82) is 0 Å². The standard InChI is InChI=1S/C11H17N3O4/c1-5-14-10(17)13(8(15)6-12-14)7-18-9(16)11(2,3)4/h6H,5,7H2,1-4H3. The van der Waals surface area contributed by atoms with Crippen LogP contribution in [-0.2, 0) is 22.8 Å². The zero-order chi connectivity index (χ0) is 13.9. The molecule has 0 amide bonds. The monoisotopic (exact) mass is 255 g/mol. The molecule has 0 unspecified atom stereocenters. The van der Waals surface area contributed by atoms with E-state index in [0.717, 1.165) is 15.4 Å². The van der Waals surface area contributed by atoms with Gasteiger partial charge in [0.05, 0.1) is 5.41 Å². The van der Waals surface area contributed by atoms with Gasteiger partial charge >= 0.3 is 11.7 Å². The number of hydrogen-bond donors (Lipinski definition) is 0. The first-order valence-electron chi connectivity index (χ1n) is 5.61. The number of aromatic nitrogens is 3. The topological polar surface area (TPSA) is 83.2 Å². The Morgan fingerprint density at radius 3 is 2.50 bits per heavy atom. The highest BCUT2D eigenvalue weighted by Crippen LogP contribution is 2.14. The highest BCUT2D eigenvalue weighted by Gasteiger charge is 2.23. The molecule has 1 aromatic heterocycles. The molecular weight excluding hydrogens is 238 g/mol. The number of carbonyl (C=O) groups excluding carboxylic acids is 1. The van der Waals surface area contributed by atoms with Crippen LogP contribution in [0.4, 0.5) is 0 Å². The van der Waals surface area contributed by atoms with Crippen molar-refractivity contribution in [3.63, 3.8) is 0 Å². The summed E-state index contributed by atoms with van der Waals surface area (Å²) in [5, 5.41) is 3.66. The van der Waals surface area contributed by atoms with Gasteiger partial charge in [-0.25, -0.2) is 14.0 Å². The Bertz CT molecular complexity index is 551. The van der Waals surface area contributed by atoms with E-state index < -0.39 is 29.4 Å². The van der Waals surface area contributed by atoms with E-state index in [1.54, 1.807) is 27.7 Å². The SMILES string of the molecule is CCn1ncc(=O)n(COC(=O)C(C)(C)C)c1=O. The van der Waals surface area contributed by atoms with E-state index >= 15 is 0 Å². The summed E-state index contributed by atoms with van der Waals surface area (Å²) >= 11 is 0. The lowest BCUT2D eigenvalue weighted by Gasteiger charge is -2.16. The van der Waals surface area contributed by atoms with Gasteiger partial charge in [0.15, 0.2) is 6.73 Å². The molecule has 100 valence electrons. The van der Waals surface area contributed by atoms with Gasteiger partial charge in [-0.2, -0.15) is 5.10 Å². The second kappa shape index (κ2) is 5.16. The van der Waals surface area contributed by atoms with Crippen LogP contribution in [0.2, 0.25) is 0 Å². The predicted molar refractivity (Wildman–Crippen MR) is 64.0 cm³/mol. The summed E-state index contributed by atoms with van der Waals surface area (Å²) in [6, 6.07) is 0. The fourth-order valence-electron chi connectivity index (χ4n) is 1.15. The molecule has 1 aromatic rings. The predicted octanol–water partition coefficient (Wildman–Crippen LogP) is -0.0283. The van der Waals surface area contributed by atoms with Crippen molar-refractivity contribution in [2.24, 2.45) is 5.41 Å². The van der Waals surface area contributed by atoms with Crippen LogP contribution >= 0.6 is 0 Å². The minimum atomic E-state index is -0.680. The second-order valence-electron chi connectivity index (χ2n) is 4.82. The van der Waals surface area contributed by atoms with Crippen LogP contribution in [0.3, 0.4) is 0 Å². The van der Waals surface area contributed by atoms with Gasteiger partial charge in [0.2, 0.25) is 0 Å². The number of hydrogen-bond acceptors (Lipinski definition) is 5. The molecule has 0 saturated carbocycles. The van der Waals surface area contributed by atoms with Gasteiger partial charge < -0.3 is 4.74 Å². The summed E-state index contributed by atoms with van der Waals surface area (Å²) < 4.78 is 6.89. The normalized spacial score (nSPS) is 11.3. The molecule has 0 saturated heterocycles. The average molecular weight is 255 g/mol. The van der Waals surface area contributed by atoms with Crippen molar-refractivity contribution in [1.82, 2.24) is 14.3 Å². The Hall–Kier alpha value is -1.92. The van der Waals surface area contributed by atoms with Gasteiger partial charge in [-0.1, -0.05) is 0 Å². The first-order chi connectivity index (χ1) is 8.27. The van der Waals surface area contributed by atoms with E-state index in [2.05, 4.69) is 5.10 Å². The molecule has 7 nitrogen and oxygen atoms in total. The molecule has 0 fully saturated rings. The van der Waals surface area contributed by atoms with Crippen molar-refractivity contribution in [2.45, 2.75) is 41.0 Å². The van der Waals surface area contributed by atoms with Crippen molar-refractivity contribution >= 4 is 5.97 Å². The molecule has 0 radical (unpaired) electrons. The van der Waals surface area contributed by atoms with Crippen LogP contribution in [-0.4, -0.2) is 20.3 Å². The van der Waals surface area contributed by atoms with Crippen LogP contribution in [0, 0.1) is 5.41 Å². The van der Waals surface area contributed by atoms with Crippen molar-refractivity contribution < 1.29 is 9.53 Å². The fraction of sp³-hybridized carbons (Fsp3) is 0.636. The first-order valence-corrected chi connectivity index (χ1v) is 5.61. The van der Waals surface area contributed by atoms with Gasteiger partial charge in [-0.05, 0) is 27.7 Å². The molecule has 0 bridgehead atoms. The van der Waals surface area contributed by atoms with E-state index in [-0.39, 0.29) is 0 Å². The number of esters is 1. The van der Waals surface area contributed by atoms with Gasteiger partial charge in [0, 0.05) is 6.54 Å². The molecule has 0 N–H and O–H groups in total. The van der Waals surface area contributed by atoms with Crippen molar-refractivity contribution in [2.75, 3.05) is 0 Å². The Kier molecular flexibility index (Phi) is 4.05. The van der Waals surface area contributed by atoms with Gasteiger partial charge in [0.25, 0.3) is 5.56 Å². The van der Waals surface area contributed by atoms with Crippen LogP contribution in [0.1, 0.15) is 27.7 Å². The summed E-state index contributed by atoms with van der Waals surface area (Å²) in [7, 11) is 0. The summed E-state index contributed by atoms with van der Waals surface area (Å²) in [6.45, 7) is 6.74. The first kappa shape index (κ1) is 14.1.